The van der Waals surface area contributed by atoms with Crippen LogP contribution in [-0.4, -0.2) is 89.2 Å². The van der Waals surface area contributed by atoms with Crippen LogP contribution < -0.4 is 0 Å². The maximum Gasteiger partial charge on any atom is 0.335 e. The Hall–Kier alpha value is -2.28. The molecule has 1 aliphatic heterocycles. The summed E-state index contributed by atoms with van der Waals surface area (Å²) < 4.78 is 28.4. The fraction of sp³-hybridized carbons (Fsp3) is 0.930. The van der Waals surface area contributed by atoms with Gasteiger partial charge in [0.05, 0.1) is 6.61 Å². The van der Waals surface area contributed by atoms with Crippen LogP contribution in [-0.2, 0) is 42.9 Å². The third-order valence-electron chi connectivity index (χ3n) is 13.7. The van der Waals surface area contributed by atoms with Gasteiger partial charge in [0.1, 0.15) is 18.8 Å². The molecule has 6 atom stereocenters. The molecule has 12 heteroatoms. The molecule has 6 unspecified atom stereocenters. The lowest BCUT2D eigenvalue weighted by Crippen LogP contribution is -2.61. The van der Waals surface area contributed by atoms with Crippen molar-refractivity contribution in [1.29, 1.82) is 0 Å². The summed E-state index contributed by atoms with van der Waals surface area (Å²) >= 11 is 0. The van der Waals surface area contributed by atoms with Gasteiger partial charge in [0, 0.05) is 19.3 Å². The number of rotatable bonds is 50. The zero-order chi connectivity index (χ0) is 50.4. The van der Waals surface area contributed by atoms with Crippen LogP contribution in [0.3, 0.4) is 0 Å². The predicted molar refractivity (Wildman–Crippen MR) is 276 cm³/mol. The first-order valence-corrected chi connectivity index (χ1v) is 29.0. The SMILES string of the molecule is CCCCCCCCCCCCCCCCCC(=O)OCC(COC1OC(C(=O)O)C(O)C(O)C1OC(=O)CCCCCCCCCCCCC)OC(=O)CCCCCCCCCCCCCCC. The smallest absolute Gasteiger partial charge is 0.335 e. The molecule has 0 aromatic heterocycles. The summed E-state index contributed by atoms with van der Waals surface area (Å²) in [5.74, 6) is -3.07. The third kappa shape index (κ3) is 37.2. The number of hydrogen-bond donors (Lipinski definition) is 3. The summed E-state index contributed by atoms with van der Waals surface area (Å²) in [4.78, 5) is 51.0. The summed E-state index contributed by atoms with van der Waals surface area (Å²) in [6.45, 7) is 6.01. The van der Waals surface area contributed by atoms with Gasteiger partial charge in [-0.1, -0.05) is 252 Å². The van der Waals surface area contributed by atoms with Gasteiger partial charge in [-0.25, -0.2) is 4.79 Å². The molecule has 0 amide bonds. The van der Waals surface area contributed by atoms with Crippen LogP contribution >= 0.6 is 0 Å². The largest absolute Gasteiger partial charge is 0.479 e. The molecule has 3 N–H and O–H groups in total. The maximum absolute atomic E-state index is 13.1. The van der Waals surface area contributed by atoms with Crippen molar-refractivity contribution in [2.24, 2.45) is 0 Å². The number of ether oxygens (including phenoxy) is 5. The minimum Gasteiger partial charge on any atom is -0.479 e. The lowest BCUT2D eigenvalue weighted by atomic mass is 9.98. The van der Waals surface area contributed by atoms with E-state index in [9.17, 15) is 34.5 Å². The van der Waals surface area contributed by atoms with Crippen molar-refractivity contribution in [2.45, 2.75) is 327 Å². The van der Waals surface area contributed by atoms with Crippen LogP contribution in [0.4, 0.5) is 0 Å². The lowest BCUT2D eigenvalue weighted by molar-refractivity contribution is -0.301. The second-order valence-corrected chi connectivity index (χ2v) is 20.3. The predicted octanol–water partition coefficient (Wildman–Crippen LogP) is 14.3. The number of hydrogen-bond acceptors (Lipinski definition) is 11. The average molecular weight is 983 g/mol. The highest BCUT2D eigenvalue weighted by Gasteiger charge is 2.50. The van der Waals surface area contributed by atoms with Crippen molar-refractivity contribution in [3.05, 3.63) is 0 Å². The van der Waals surface area contributed by atoms with E-state index in [1.54, 1.807) is 0 Å². The molecule has 0 saturated carbocycles. The summed E-state index contributed by atoms with van der Waals surface area (Å²) in [6.07, 6.45) is 36.5. The Morgan fingerprint density at radius 2 is 0.739 bits per heavy atom. The van der Waals surface area contributed by atoms with E-state index in [4.69, 9.17) is 23.7 Å². The molecule has 69 heavy (non-hydrogen) atoms. The topological polar surface area (TPSA) is 175 Å². The molecule has 1 saturated heterocycles. The van der Waals surface area contributed by atoms with E-state index in [1.165, 1.54) is 167 Å². The number of unbranched alkanes of at least 4 members (excludes halogenated alkanes) is 36. The molecule has 0 aromatic carbocycles. The number of aliphatic hydroxyl groups is 2. The van der Waals surface area contributed by atoms with E-state index in [0.29, 0.717) is 19.3 Å². The van der Waals surface area contributed by atoms with Gasteiger partial charge in [-0.15, -0.1) is 0 Å². The number of carboxylic acids is 1. The fourth-order valence-electron chi connectivity index (χ4n) is 9.19. The van der Waals surface area contributed by atoms with Crippen molar-refractivity contribution < 1.29 is 58.2 Å². The van der Waals surface area contributed by atoms with E-state index in [1.807, 2.05) is 0 Å². The molecule has 406 valence electrons. The number of aliphatic carboxylic acids is 1. The van der Waals surface area contributed by atoms with Crippen LogP contribution in [0.5, 0.6) is 0 Å². The molecular weight excluding hydrogens is 877 g/mol. The minimum atomic E-state index is -1.89. The van der Waals surface area contributed by atoms with Gasteiger partial charge in [0.15, 0.2) is 24.6 Å². The summed E-state index contributed by atoms with van der Waals surface area (Å²) in [7, 11) is 0. The number of carbonyl (C=O) groups excluding carboxylic acids is 3. The standard InChI is InChI=1S/C57H106O12/c1-4-7-10-13-16-19-22-24-25-27-29-31-34-37-40-43-49(58)65-46-48(67-50(59)44-41-38-35-33-30-26-23-20-17-14-11-8-5-2)47-66-57-55(53(62)52(61)54(69-57)56(63)64)68-51(60)45-42-39-36-32-28-21-18-15-12-9-6-3/h48,52-55,57,61-62H,4-47H2,1-3H3,(H,63,64). The van der Waals surface area contributed by atoms with Gasteiger partial charge in [-0.3, -0.25) is 14.4 Å². The molecule has 1 rings (SSSR count). The number of aliphatic hydroxyl groups excluding tert-OH is 2. The van der Waals surface area contributed by atoms with Crippen molar-refractivity contribution in [1.82, 2.24) is 0 Å². The van der Waals surface area contributed by atoms with Gasteiger partial charge in [-0.2, -0.15) is 0 Å². The molecular formula is C57H106O12. The Balaban J connectivity index is 2.67. The van der Waals surface area contributed by atoms with Crippen molar-refractivity contribution >= 4 is 23.9 Å². The van der Waals surface area contributed by atoms with Crippen LogP contribution in [0.2, 0.25) is 0 Å². The van der Waals surface area contributed by atoms with E-state index in [0.717, 1.165) is 64.2 Å². The molecule has 12 nitrogen and oxygen atoms in total. The maximum atomic E-state index is 13.1. The van der Waals surface area contributed by atoms with Gasteiger partial charge < -0.3 is 39.0 Å². The highest BCUT2D eigenvalue weighted by atomic mass is 16.7. The normalized spacial score (nSPS) is 18.5. The molecule has 0 aromatic rings. The van der Waals surface area contributed by atoms with Gasteiger partial charge in [-0.05, 0) is 19.3 Å². The van der Waals surface area contributed by atoms with E-state index in [-0.39, 0.29) is 25.9 Å². The van der Waals surface area contributed by atoms with Gasteiger partial charge >= 0.3 is 23.9 Å². The molecule has 0 bridgehead atoms. The lowest BCUT2D eigenvalue weighted by Gasteiger charge is -2.40. The molecule has 1 heterocycles. The molecule has 0 aliphatic carbocycles. The van der Waals surface area contributed by atoms with Gasteiger partial charge in [0.25, 0.3) is 0 Å². The second-order valence-electron chi connectivity index (χ2n) is 20.3. The first-order valence-electron chi connectivity index (χ1n) is 29.0. The first kappa shape index (κ1) is 64.7. The Morgan fingerprint density at radius 3 is 1.09 bits per heavy atom. The van der Waals surface area contributed by atoms with E-state index in [2.05, 4.69) is 20.8 Å². The monoisotopic (exact) mass is 983 g/mol. The summed E-state index contributed by atoms with van der Waals surface area (Å²) in [5, 5.41) is 31.4. The Kier molecular flexibility index (Phi) is 43.9. The Morgan fingerprint density at radius 1 is 0.420 bits per heavy atom. The molecule has 1 fully saturated rings. The molecule has 0 spiro atoms. The van der Waals surface area contributed by atoms with E-state index < -0.39 is 67.3 Å². The van der Waals surface area contributed by atoms with Crippen molar-refractivity contribution in [2.75, 3.05) is 13.2 Å². The van der Waals surface area contributed by atoms with Crippen molar-refractivity contribution in [3.63, 3.8) is 0 Å². The average Bonchev–Trinajstić information content (AvgIpc) is 3.33. The Labute approximate surface area is 421 Å². The second kappa shape index (κ2) is 46.8. The van der Waals surface area contributed by atoms with Crippen LogP contribution in [0.1, 0.15) is 290 Å². The quantitative estimate of drug-likeness (QED) is 0.0299. The highest BCUT2D eigenvalue weighted by molar-refractivity contribution is 5.74. The van der Waals surface area contributed by atoms with Crippen molar-refractivity contribution in [3.8, 4) is 0 Å². The van der Waals surface area contributed by atoms with Crippen LogP contribution in [0, 0.1) is 0 Å². The van der Waals surface area contributed by atoms with E-state index >= 15 is 0 Å². The number of carboxylic acid groups (broad SMARTS) is 1. The summed E-state index contributed by atoms with van der Waals surface area (Å²) in [5.41, 5.74) is 0. The zero-order valence-corrected chi connectivity index (χ0v) is 44.6. The third-order valence-corrected chi connectivity index (χ3v) is 13.7. The Bertz CT molecular complexity index is 1210. The molecule has 1 aliphatic rings. The highest BCUT2D eigenvalue weighted by Crippen LogP contribution is 2.27. The number of carbonyl (C=O) groups is 4. The zero-order valence-electron chi connectivity index (χ0n) is 44.6. The number of esters is 3. The van der Waals surface area contributed by atoms with Gasteiger partial charge in [0.2, 0.25) is 0 Å². The first-order chi connectivity index (χ1) is 33.6. The minimum absolute atomic E-state index is 0.0696. The molecule has 0 radical (unpaired) electrons. The van der Waals surface area contributed by atoms with Crippen LogP contribution in [0.15, 0.2) is 0 Å². The van der Waals surface area contributed by atoms with Crippen LogP contribution in [0.25, 0.3) is 0 Å². The fourth-order valence-corrected chi connectivity index (χ4v) is 9.19. The summed E-state index contributed by atoms with van der Waals surface area (Å²) in [6, 6.07) is 0.